The Kier molecular flexibility index (Phi) is 5.79. The van der Waals surface area contributed by atoms with E-state index in [9.17, 15) is 9.90 Å². The van der Waals surface area contributed by atoms with Crippen molar-refractivity contribution in [1.29, 1.82) is 5.26 Å². The highest BCUT2D eigenvalue weighted by atomic mass is 16.5. The van der Waals surface area contributed by atoms with Crippen LogP contribution in [0.3, 0.4) is 0 Å². The van der Waals surface area contributed by atoms with E-state index in [2.05, 4.69) is 16.4 Å². The number of nitrogens with zero attached hydrogens (tertiary/aromatic N) is 2. The van der Waals surface area contributed by atoms with E-state index in [0.29, 0.717) is 30.2 Å². The van der Waals surface area contributed by atoms with Crippen LogP contribution in [0.5, 0.6) is 0 Å². The van der Waals surface area contributed by atoms with Crippen molar-refractivity contribution in [3.05, 3.63) is 47.0 Å². The number of aliphatic hydroxyl groups is 1. The van der Waals surface area contributed by atoms with Crippen molar-refractivity contribution in [2.75, 3.05) is 13.2 Å². The molecule has 1 aromatic rings. The van der Waals surface area contributed by atoms with Gasteiger partial charge in [-0.25, -0.2) is 0 Å². The van der Waals surface area contributed by atoms with Gasteiger partial charge in [-0.1, -0.05) is 25.0 Å². The van der Waals surface area contributed by atoms with Crippen LogP contribution in [0.25, 0.3) is 0 Å². The summed E-state index contributed by atoms with van der Waals surface area (Å²) in [5.74, 6) is 0.340. The smallest absolute Gasteiger partial charge is 0.252 e. The molecule has 1 aromatic carbocycles. The predicted octanol–water partition coefficient (Wildman–Crippen LogP) is 2.61. The summed E-state index contributed by atoms with van der Waals surface area (Å²) in [6.45, 7) is 1.02. The molecule has 2 saturated carbocycles. The van der Waals surface area contributed by atoms with Gasteiger partial charge in [0.1, 0.15) is 5.60 Å². The molecule has 3 aliphatic rings. The van der Waals surface area contributed by atoms with Crippen LogP contribution in [-0.4, -0.2) is 42.5 Å². The predicted molar refractivity (Wildman–Crippen MR) is 109 cm³/mol. The summed E-state index contributed by atoms with van der Waals surface area (Å²) in [5.41, 5.74) is 1.10. The van der Waals surface area contributed by atoms with Gasteiger partial charge in [-0.2, -0.15) is 5.26 Å². The number of benzene rings is 1. The van der Waals surface area contributed by atoms with Gasteiger partial charge in [-0.15, -0.1) is 0 Å². The Balaban J connectivity index is 1.58. The van der Waals surface area contributed by atoms with Gasteiger partial charge in [0.15, 0.2) is 0 Å². The molecule has 2 fully saturated rings. The van der Waals surface area contributed by atoms with Crippen LogP contribution in [0.2, 0.25) is 0 Å². The number of dihydropyridines is 1. The molecular weight excluding hydrogens is 366 g/mol. The van der Waals surface area contributed by atoms with Crippen molar-refractivity contribution in [2.24, 2.45) is 10.9 Å². The molecule has 29 heavy (non-hydrogen) atoms. The molecule has 1 amide bonds. The van der Waals surface area contributed by atoms with Gasteiger partial charge >= 0.3 is 0 Å². The standard InChI is InChI=1S/C23H27N3O3/c24-12-16-7-9-19(10-8-16)23(29-14-17-5-6-17)11-18(13-25-15-23)22(28)26-20-3-1-2-4-21(20)27/h7-11,13,17,20-21,27H,1-6,14-15H2,(H,26,28)/t20-,21-,23?/m1/s1. The second kappa shape index (κ2) is 8.48. The first-order chi connectivity index (χ1) is 14.1. The number of rotatable bonds is 6. The van der Waals surface area contributed by atoms with Gasteiger partial charge in [0.25, 0.3) is 5.91 Å². The van der Waals surface area contributed by atoms with Crippen molar-refractivity contribution >= 4 is 12.1 Å². The highest BCUT2D eigenvalue weighted by Crippen LogP contribution is 2.36. The van der Waals surface area contributed by atoms with E-state index in [1.165, 1.54) is 12.8 Å². The summed E-state index contributed by atoms with van der Waals surface area (Å²) in [7, 11) is 0. The fourth-order valence-corrected chi connectivity index (χ4v) is 3.99. The van der Waals surface area contributed by atoms with Crippen LogP contribution in [0.4, 0.5) is 0 Å². The Morgan fingerprint density at radius 1 is 1.24 bits per heavy atom. The Hall–Kier alpha value is -2.49. The fourth-order valence-electron chi connectivity index (χ4n) is 3.99. The van der Waals surface area contributed by atoms with E-state index in [-0.39, 0.29) is 11.9 Å². The molecule has 0 bridgehead atoms. The molecule has 0 aromatic heterocycles. The molecule has 2 aliphatic carbocycles. The lowest BCUT2D eigenvalue weighted by molar-refractivity contribution is -0.119. The van der Waals surface area contributed by atoms with Crippen molar-refractivity contribution in [3.63, 3.8) is 0 Å². The van der Waals surface area contributed by atoms with E-state index < -0.39 is 11.7 Å². The van der Waals surface area contributed by atoms with E-state index >= 15 is 0 Å². The molecule has 6 heteroatoms. The first-order valence-corrected chi connectivity index (χ1v) is 10.5. The number of ether oxygens (including phenoxy) is 1. The number of carbonyl (C=O) groups excluding carboxylic acids is 1. The lowest BCUT2D eigenvalue weighted by atomic mass is 9.88. The topological polar surface area (TPSA) is 94.7 Å². The van der Waals surface area contributed by atoms with Gasteiger partial charge < -0.3 is 15.2 Å². The van der Waals surface area contributed by atoms with Crippen molar-refractivity contribution in [2.45, 2.75) is 56.3 Å². The second-order valence-corrected chi connectivity index (χ2v) is 8.33. The minimum atomic E-state index is -0.816. The Morgan fingerprint density at radius 3 is 2.69 bits per heavy atom. The van der Waals surface area contributed by atoms with E-state index in [1.54, 1.807) is 18.3 Å². The maximum Gasteiger partial charge on any atom is 0.252 e. The SMILES string of the molecule is N#Cc1ccc(C2(OCC3CC3)C=C(C(=O)N[C@@H]3CCCC[C@H]3O)C=NC2)cc1. The fraction of sp³-hybridized carbons (Fsp3) is 0.522. The normalized spacial score (nSPS) is 29.0. The molecule has 0 saturated heterocycles. The molecule has 4 rings (SSSR count). The third kappa shape index (κ3) is 4.58. The zero-order valence-electron chi connectivity index (χ0n) is 16.5. The number of hydrogen-bond donors (Lipinski definition) is 2. The van der Waals surface area contributed by atoms with E-state index in [0.717, 1.165) is 31.2 Å². The van der Waals surface area contributed by atoms with Gasteiger partial charge in [-0.3, -0.25) is 9.79 Å². The first kappa shape index (κ1) is 19.8. The van der Waals surface area contributed by atoms with Crippen LogP contribution in [0.15, 0.2) is 40.9 Å². The summed E-state index contributed by atoms with van der Waals surface area (Å²) < 4.78 is 6.34. The molecule has 6 nitrogen and oxygen atoms in total. The number of amides is 1. The lowest BCUT2D eigenvalue weighted by Gasteiger charge is -2.33. The Labute approximate surface area is 171 Å². The van der Waals surface area contributed by atoms with Gasteiger partial charge in [0, 0.05) is 6.21 Å². The zero-order valence-corrected chi connectivity index (χ0v) is 16.5. The van der Waals surface area contributed by atoms with Crippen LogP contribution < -0.4 is 5.32 Å². The third-order valence-electron chi connectivity index (χ3n) is 6.03. The highest BCUT2D eigenvalue weighted by Gasteiger charge is 2.37. The molecule has 0 radical (unpaired) electrons. The van der Waals surface area contributed by atoms with Gasteiger partial charge in [-0.05, 0) is 55.4 Å². The maximum atomic E-state index is 12.9. The zero-order chi connectivity index (χ0) is 20.3. The van der Waals surface area contributed by atoms with Crippen LogP contribution in [0, 0.1) is 17.2 Å². The number of nitriles is 1. The summed E-state index contributed by atoms with van der Waals surface area (Å²) in [6.07, 6.45) is 8.80. The maximum absolute atomic E-state index is 12.9. The number of aliphatic imine (C=N–C) groups is 1. The number of aliphatic hydroxyl groups excluding tert-OH is 1. The van der Waals surface area contributed by atoms with Crippen molar-refractivity contribution < 1.29 is 14.6 Å². The van der Waals surface area contributed by atoms with E-state index in [4.69, 9.17) is 10.00 Å². The number of nitrogens with one attached hydrogen (secondary N) is 1. The highest BCUT2D eigenvalue weighted by molar-refractivity contribution is 6.12. The summed E-state index contributed by atoms with van der Waals surface area (Å²) in [4.78, 5) is 17.4. The summed E-state index contributed by atoms with van der Waals surface area (Å²) in [5, 5.41) is 22.2. The number of hydrogen-bond acceptors (Lipinski definition) is 5. The molecular formula is C23H27N3O3. The minimum Gasteiger partial charge on any atom is -0.391 e. The average Bonchev–Trinajstić information content (AvgIpc) is 3.59. The van der Waals surface area contributed by atoms with Crippen LogP contribution in [0.1, 0.15) is 49.7 Å². The summed E-state index contributed by atoms with van der Waals surface area (Å²) >= 11 is 0. The quantitative estimate of drug-likeness (QED) is 0.777. The molecule has 1 aliphatic heterocycles. The van der Waals surface area contributed by atoms with Crippen molar-refractivity contribution in [1.82, 2.24) is 5.32 Å². The van der Waals surface area contributed by atoms with Crippen molar-refractivity contribution in [3.8, 4) is 6.07 Å². The van der Waals surface area contributed by atoms with Crippen LogP contribution in [-0.2, 0) is 15.1 Å². The second-order valence-electron chi connectivity index (χ2n) is 8.33. The molecule has 3 atom stereocenters. The lowest BCUT2D eigenvalue weighted by Crippen LogP contribution is -2.46. The molecule has 0 spiro atoms. The largest absolute Gasteiger partial charge is 0.391 e. The summed E-state index contributed by atoms with van der Waals surface area (Å²) in [6, 6.07) is 9.20. The molecule has 152 valence electrons. The van der Waals surface area contributed by atoms with Gasteiger partial charge in [0.2, 0.25) is 0 Å². The molecule has 1 heterocycles. The third-order valence-corrected chi connectivity index (χ3v) is 6.03. The van der Waals surface area contributed by atoms with E-state index in [1.807, 2.05) is 18.2 Å². The molecule has 2 N–H and O–H groups in total. The van der Waals surface area contributed by atoms with Gasteiger partial charge in [0.05, 0.1) is 42.5 Å². The van der Waals surface area contributed by atoms with Crippen LogP contribution >= 0.6 is 0 Å². The first-order valence-electron chi connectivity index (χ1n) is 10.5. The Bertz CT molecular complexity index is 851. The Morgan fingerprint density at radius 2 is 2.00 bits per heavy atom. The average molecular weight is 393 g/mol. The monoisotopic (exact) mass is 393 g/mol. The minimum absolute atomic E-state index is 0.218. The number of carbonyl (C=O) groups is 1. The molecule has 1 unspecified atom stereocenters.